The molecule has 1 aliphatic carbocycles. The summed E-state index contributed by atoms with van der Waals surface area (Å²) >= 11 is 0. The number of amides is 2. The molecule has 10 heteroatoms. The van der Waals surface area contributed by atoms with Crippen LogP contribution in [0.15, 0.2) is 0 Å². The average Bonchev–Trinajstić information content (AvgIpc) is 2.82. The Labute approximate surface area is 146 Å². The Morgan fingerprint density at radius 1 is 1.08 bits per heavy atom. The van der Waals surface area contributed by atoms with Gasteiger partial charge >= 0.3 is 12.2 Å². The fourth-order valence-corrected chi connectivity index (χ4v) is 5.08. The predicted molar refractivity (Wildman–Crippen MR) is 87.5 cm³/mol. The molecule has 2 rings (SSSR count). The predicted octanol–water partition coefficient (Wildman–Crippen LogP) is 2.17. The van der Waals surface area contributed by atoms with Crippen molar-refractivity contribution in [2.24, 2.45) is 5.92 Å². The summed E-state index contributed by atoms with van der Waals surface area (Å²) in [4.78, 5) is 13.4. The molecule has 2 fully saturated rings. The van der Waals surface area contributed by atoms with Gasteiger partial charge in [0.1, 0.15) is 5.25 Å². The second-order valence-corrected chi connectivity index (χ2v) is 9.42. The largest absolute Gasteiger partial charge is 0.394 e. The van der Waals surface area contributed by atoms with Crippen molar-refractivity contribution in [1.82, 2.24) is 14.5 Å². The Morgan fingerprint density at radius 2 is 1.64 bits per heavy atom. The molecule has 1 saturated carbocycles. The average molecular weight is 385 g/mol. The van der Waals surface area contributed by atoms with Gasteiger partial charge in [-0.25, -0.2) is 17.5 Å². The van der Waals surface area contributed by atoms with E-state index in [1.807, 2.05) is 0 Å². The van der Waals surface area contributed by atoms with Crippen LogP contribution in [0.4, 0.5) is 18.0 Å². The molecule has 0 bridgehead atoms. The van der Waals surface area contributed by atoms with Gasteiger partial charge in [-0.1, -0.05) is 25.7 Å². The fourth-order valence-electron chi connectivity index (χ4n) is 3.52. The Kier molecular flexibility index (Phi) is 6.24. The van der Waals surface area contributed by atoms with Gasteiger partial charge < -0.3 is 10.2 Å². The molecule has 0 radical (unpaired) electrons. The van der Waals surface area contributed by atoms with Crippen molar-refractivity contribution >= 4 is 16.1 Å². The minimum atomic E-state index is -4.68. The van der Waals surface area contributed by atoms with Gasteiger partial charge in [-0.2, -0.15) is 13.2 Å². The molecule has 25 heavy (non-hydrogen) atoms. The van der Waals surface area contributed by atoms with E-state index < -0.39 is 46.5 Å². The van der Waals surface area contributed by atoms with Crippen LogP contribution in [0.5, 0.6) is 0 Å². The van der Waals surface area contributed by atoms with Crippen LogP contribution >= 0.6 is 0 Å². The second kappa shape index (κ2) is 7.69. The quantitative estimate of drug-likeness (QED) is 0.757. The highest BCUT2D eigenvalue weighted by Crippen LogP contribution is 2.37. The summed E-state index contributed by atoms with van der Waals surface area (Å²) < 4.78 is 65.3. The summed E-state index contributed by atoms with van der Waals surface area (Å²) in [5.41, 5.74) is 0. The van der Waals surface area contributed by atoms with E-state index in [0.29, 0.717) is 0 Å². The molecule has 2 amide bonds. The smallest absolute Gasteiger partial charge is 0.335 e. The van der Waals surface area contributed by atoms with E-state index in [2.05, 4.69) is 5.32 Å². The molecule has 1 N–H and O–H groups in total. The van der Waals surface area contributed by atoms with Crippen LogP contribution in [-0.2, 0) is 10.0 Å². The molecular weight excluding hydrogens is 359 g/mol. The van der Waals surface area contributed by atoms with Crippen LogP contribution in [0, 0.1) is 5.92 Å². The molecule has 1 aliphatic heterocycles. The van der Waals surface area contributed by atoms with Crippen LogP contribution in [0.25, 0.3) is 0 Å². The highest BCUT2D eigenvalue weighted by Gasteiger charge is 2.56. The minimum Gasteiger partial charge on any atom is -0.335 e. The summed E-state index contributed by atoms with van der Waals surface area (Å²) in [5.74, 6) is -2.07. The third-order valence-electron chi connectivity index (χ3n) is 5.05. The number of halogens is 3. The number of carbonyl (C=O) groups excluding carboxylic acids is 1. The minimum absolute atomic E-state index is 0.0520. The summed E-state index contributed by atoms with van der Waals surface area (Å²) in [6.07, 6.45) is 1.08. The van der Waals surface area contributed by atoms with Gasteiger partial charge in [0, 0.05) is 33.2 Å². The van der Waals surface area contributed by atoms with Crippen LogP contribution in [0.2, 0.25) is 0 Å². The molecule has 0 aromatic heterocycles. The molecule has 146 valence electrons. The molecule has 2 atom stereocenters. The molecule has 0 aromatic rings. The molecule has 1 saturated heterocycles. The Morgan fingerprint density at radius 3 is 2.12 bits per heavy atom. The van der Waals surface area contributed by atoms with E-state index in [0.717, 1.165) is 47.7 Å². The van der Waals surface area contributed by atoms with Crippen molar-refractivity contribution in [2.45, 2.75) is 56.0 Å². The van der Waals surface area contributed by atoms with Gasteiger partial charge in [-0.3, -0.25) is 0 Å². The van der Waals surface area contributed by atoms with Crippen molar-refractivity contribution < 1.29 is 26.4 Å². The maximum Gasteiger partial charge on any atom is 0.394 e. The normalized spacial score (nSPS) is 26.7. The molecule has 0 unspecified atom stereocenters. The van der Waals surface area contributed by atoms with Gasteiger partial charge in [-0.15, -0.1) is 0 Å². The zero-order valence-corrected chi connectivity index (χ0v) is 15.4. The second-order valence-electron chi connectivity index (χ2n) is 7.06. The van der Waals surface area contributed by atoms with Crippen molar-refractivity contribution in [3.05, 3.63) is 0 Å². The number of nitrogens with zero attached hydrogens (tertiary/aromatic N) is 2. The SMILES string of the molecule is CN(C)S(=O)(=O)[C@@H]1CN(C(=O)NC2CCCCCC2)C[C@H]1C(F)(F)F. The van der Waals surface area contributed by atoms with Crippen molar-refractivity contribution in [2.75, 3.05) is 27.2 Å². The van der Waals surface area contributed by atoms with E-state index in [-0.39, 0.29) is 6.04 Å². The first kappa shape index (κ1) is 20.3. The monoisotopic (exact) mass is 385 g/mol. The van der Waals surface area contributed by atoms with E-state index in [4.69, 9.17) is 0 Å². The zero-order valence-electron chi connectivity index (χ0n) is 14.6. The van der Waals surface area contributed by atoms with Crippen LogP contribution in [-0.4, -0.2) is 68.3 Å². The number of nitrogens with one attached hydrogen (secondary N) is 1. The van der Waals surface area contributed by atoms with Crippen LogP contribution in [0.3, 0.4) is 0 Å². The standard InChI is InChI=1S/C15H26F3N3O3S/c1-20(2)25(23,24)13-10-21(9-12(13)15(16,17)18)14(22)19-11-7-5-3-4-6-8-11/h11-13H,3-10H2,1-2H3,(H,19,22)/t12-,13-/m1/s1. The molecule has 0 spiro atoms. The Hall–Kier alpha value is -1.03. The number of sulfonamides is 1. The topological polar surface area (TPSA) is 69.7 Å². The lowest BCUT2D eigenvalue weighted by Gasteiger charge is -2.23. The summed E-state index contributed by atoms with van der Waals surface area (Å²) in [6, 6.07) is -0.651. The molecule has 1 heterocycles. The van der Waals surface area contributed by atoms with E-state index >= 15 is 0 Å². The number of alkyl halides is 3. The summed E-state index contributed by atoms with van der Waals surface area (Å²) in [5, 5.41) is 1.12. The highest BCUT2D eigenvalue weighted by atomic mass is 32.2. The van der Waals surface area contributed by atoms with Gasteiger partial charge in [0.25, 0.3) is 0 Å². The number of hydrogen-bond donors (Lipinski definition) is 1. The third kappa shape index (κ3) is 4.78. The Balaban J connectivity index is 2.11. The zero-order chi connectivity index (χ0) is 18.8. The number of hydrogen-bond acceptors (Lipinski definition) is 3. The van der Waals surface area contributed by atoms with E-state index in [9.17, 15) is 26.4 Å². The van der Waals surface area contributed by atoms with Crippen molar-refractivity contribution in [3.63, 3.8) is 0 Å². The third-order valence-corrected chi connectivity index (χ3v) is 7.31. The maximum absolute atomic E-state index is 13.3. The van der Waals surface area contributed by atoms with Gasteiger partial charge in [0.05, 0.1) is 5.92 Å². The summed E-state index contributed by atoms with van der Waals surface area (Å²) in [7, 11) is -1.71. The molecule has 0 aromatic carbocycles. The van der Waals surface area contributed by atoms with Crippen LogP contribution in [0.1, 0.15) is 38.5 Å². The number of carbonyl (C=O) groups is 1. The molecule has 2 aliphatic rings. The number of rotatable bonds is 3. The first-order chi connectivity index (χ1) is 11.5. The van der Waals surface area contributed by atoms with E-state index in [1.165, 1.54) is 14.1 Å². The van der Waals surface area contributed by atoms with Crippen molar-refractivity contribution in [3.8, 4) is 0 Å². The fraction of sp³-hybridized carbons (Fsp3) is 0.933. The summed E-state index contributed by atoms with van der Waals surface area (Å²) in [6.45, 7) is -1.07. The first-order valence-corrected chi connectivity index (χ1v) is 10.1. The van der Waals surface area contributed by atoms with E-state index in [1.54, 1.807) is 0 Å². The highest BCUT2D eigenvalue weighted by molar-refractivity contribution is 7.89. The maximum atomic E-state index is 13.3. The van der Waals surface area contributed by atoms with Gasteiger partial charge in [-0.05, 0) is 12.8 Å². The Bertz CT molecular complexity index is 572. The first-order valence-electron chi connectivity index (χ1n) is 8.57. The number of urea groups is 1. The molecule has 6 nitrogen and oxygen atoms in total. The lowest BCUT2D eigenvalue weighted by molar-refractivity contribution is -0.169. The van der Waals surface area contributed by atoms with Crippen molar-refractivity contribution in [1.29, 1.82) is 0 Å². The lowest BCUT2D eigenvalue weighted by Crippen LogP contribution is -2.45. The van der Waals surface area contributed by atoms with Gasteiger partial charge in [0.2, 0.25) is 10.0 Å². The number of likely N-dealkylation sites (tertiary alicyclic amines) is 1. The van der Waals surface area contributed by atoms with Gasteiger partial charge in [0.15, 0.2) is 0 Å². The molecular formula is C15H26F3N3O3S. The lowest BCUT2D eigenvalue weighted by atomic mass is 10.1. The van der Waals surface area contributed by atoms with Crippen LogP contribution < -0.4 is 5.32 Å².